The van der Waals surface area contributed by atoms with Gasteiger partial charge in [0.15, 0.2) is 5.82 Å². The van der Waals surface area contributed by atoms with Gasteiger partial charge >= 0.3 is 18.6 Å². The molecule has 41 heavy (non-hydrogen) atoms. The fourth-order valence-corrected chi connectivity index (χ4v) is 4.14. The van der Waals surface area contributed by atoms with Gasteiger partial charge in [-0.1, -0.05) is 6.07 Å². The molecule has 0 aliphatic rings. The number of nitrogens with one attached hydrogen (secondary N) is 1. The van der Waals surface area contributed by atoms with Gasteiger partial charge in [0.1, 0.15) is 29.1 Å². The van der Waals surface area contributed by atoms with Crippen molar-refractivity contribution in [3.63, 3.8) is 0 Å². The summed E-state index contributed by atoms with van der Waals surface area (Å²) in [5.41, 5.74) is 2.15. The van der Waals surface area contributed by atoms with Crippen LogP contribution in [0.3, 0.4) is 0 Å². The number of aryl methyl sites for hydroxylation is 1. The smallest absolute Gasteiger partial charge is 0.461 e. The van der Waals surface area contributed by atoms with E-state index in [2.05, 4.69) is 20.0 Å². The minimum Gasteiger partial charge on any atom is -0.465 e. The van der Waals surface area contributed by atoms with Crippen LogP contribution in [0.1, 0.15) is 26.3 Å². The fraction of sp³-hybridized carbons (Fsp3) is 0.321. The lowest BCUT2D eigenvalue weighted by atomic mass is 10.1. The summed E-state index contributed by atoms with van der Waals surface area (Å²) in [6, 6.07) is 12.0. The molecule has 4 aromatic rings. The summed E-state index contributed by atoms with van der Waals surface area (Å²) in [6.07, 6.45) is -6.37. The number of fused-ring (bicyclic) bond motifs is 1. The number of hydrogen-bond donors (Lipinski definition) is 2. The maximum absolute atomic E-state index is 13.3. The molecule has 0 bridgehead atoms. The molecule has 9 nitrogen and oxygen atoms in total. The molecule has 0 saturated heterocycles. The summed E-state index contributed by atoms with van der Waals surface area (Å²) < 4.78 is 63.3. The Morgan fingerprint density at radius 2 is 1.83 bits per heavy atom. The van der Waals surface area contributed by atoms with Crippen molar-refractivity contribution in [2.24, 2.45) is 0 Å². The highest BCUT2D eigenvalue weighted by Gasteiger charge is 2.44. The van der Waals surface area contributed by atoms with Crippen LogP contribution in [0.4, 0.5) is 33.9 Å². The Balaban J connectivity index is 1.51. The lowest BCUT2D eigenvalue weighted by Crippen LogP contribution is -2.46. The normalized spacial score (nSPS) is 12.0. The molecule has 2 aromatic heterocycles. The highest BCUT2D eigenvalue weighted by Crippen LogP contribution is 2.33. The molecule has 13 heteroatoms. The second kappa shape index (κ2) is 11.5. The van der Waals surface area contributed by atoms with Crippen LogP contribution in [-0.2, 0) is 6.54 Å². The van der Waals surface area contributed by atoms with Crippen molar-refractivity contribution in [1.82, 2.24) is 19.4 Å². The summed E-state index contributed by atoms with van der Waals surface area (Å²) in [4.78, 5) is 21.8. The Kier molecular flexibility index (Phi) is 8.27. The van der Waals surface area contributed by atoms with E-state index >= 15 is 0 Å². The number of carbonyl (C=O) groups is 1. The van der Waals surface area contributed by atoms with E-state index in [0.717, 1.165) is 12.1 Å². The van der Waals surface area contributed by atoms with E-state index in [9.17, 15) is 27.5 Å². The number of benzene rings is 2. The number of amides is 1. The van der Waals surface area contributed by atoms with Gasteiger partial charge in [-0.15, -0.1) is 0 Å². The topological polar surface area (TPSA) is 102 Å². The number of aromatic nitrogens is 3. The van der Waals surface area contributed by atoms with E-state index in [1.54, 1.807) is 25.1 Å². The molecule has 2 heterocycles. The summed E-state index contributed by atoms with van der Waals surface area (Å²) in [7, 11) is 0. The van der Waals surface area contributed by atoms with Crippen LogP contribution in [-0.4, -0.2) is 55.3 Å². The van der Waals surface area contributed by atoms with Gasteiger partial charge in [-0.2, -0.15) is 17.6 Å². The Morgan fingerprint density at radius 3 is 2.49 bits per heavy atom. The molecule has 0 aliphatic carbocycles. The molecule has 2 N–H and O–H groups in total. The molecule has 0 atom stereocenters. The zero-order valence-corrected chi connectivity index (χ0v) is 22.7. The van der Waals surface area contributed by atoms with Crippen LogP contribution in [0.15, 0.2) is 61.1 Å². The zero-order chi connectivity index (χ0) is 29.9. The first-order valence-electron chi connectivity index (χ1n) is 12.6. The van der Waals surface area contributed by atoms with E-state index in [4.69, 9.17) is 4.74 Å². The molecule has 0 aliphatic heterocycles. The van der Waals surface area contributed by atoms with E-state index < -0.39 is 29.9 Å². The molecule has 4 rings (SSSR count). The van der Waals surface area contributed by atoms with Crippen LogP contribution < -0.4 is 14.8 Å². The highest BCUT2D eigenvalue weighted by molar-refractivity contribution is 5.88. The van der Waals surface area contributed by atoms with Gasteiger partial charge in [-0.25, -0.2) is 14.8 Å². The number of carboxylic acid groups (broad SMARTS) is 1. The molecule has 0 spiro atoms. The monoisotopic (exact) mass is 575 g/mol. The van der Waals surface area contributed by atoms with Gasteiger partial charge in [0.25, 0.3) is 0 Å². The number of nitrogens with zero attached hydrogens (tertiary/aromatic N) is 4. The largest absolute Gasteiger partial charge is 0.465 e. The predicted molar refractivity (Wildman–Crippen MR) is 145 cm³/mol. The van der Waals surface area contributed by atoms with Crippen LogP contribution in [0.25, 0.3) is 11.0 Å². The third kappa shape index (κ3) is 6.97. The number of anilines is 2. The van der Waals surface area contributed by atoms with E-state index in [0.29, 0.717) is 40.4 Å². The summed E-state index contributed by atoms with van der Waals surface area (Å²) in [6.45, 7) is 7.91. The molecule has 1 amide bonds. The first-order chi connectivity index (χ1) is 19.2. The van der Waals surface area contributed by atoms with E-state index in [-0.39, 0.29) is 12.3 Å². The molecule has 0 fully saturated rings. The van der Waals surface area contributed by atoms with Gasteiger partial charge < -0.3 is 29.4 Å². The minimum atomic E-state index is -4.63. The number of ether oxygens (including phenoxy) is 2. The zero-order valence-electron chi connectivity index (χ0n) is 22.7. The Bertz CT molecular complexity index is 1540. The molecule has 2 aromatic carbocycles. The third-order valence-corrected chi connectivity index (χ3v) is 6.13. The molecular formula is C28H29F4N5O4. The summed E-state index contributed by atoms with van der Waals surface area (Å²) in [5.74, 6) is 0.571. The van der Waals surface area contributed by atoms with Gasteiger partial charge in [-0.05, 0) is 69.7 Å². The lowest BCUT2D eigenvalue weighted by Gasteiger charge is -2.33. The maximum atomic E-state index is 13.3. The van der Waals surface area contributed by atoms with Crippen molar-refractivity contribution in [3.05, 3.63) is 66.6 Å². The van der Waals surface area contributed by atoms with Gasteiger partial charge in [0.05, 0.1) is 5.52 Å². The minimum absolute atomic E-state index is 0.123. The summed E-state index contributed by atoms with van der Waals surface area (Å²) >= 11 is 0. The Morgan fingerprint density at radius 1 is 1.10 bits per heavy atom. The molecule has 0 radical (unpaired) electrons. The first-order valence-corrected chi connectivity index (χ1v) is 12.6. The van der Waals surface area contributed by atoms with Crippen molar-refractivity contribution in [2.75, 3.05) is 11.9 Å². The third-order valence-electron chi connectivity index (χ3n) is 6.13. The SMILES string of the molecule is Cc1cc(Nc2ncnc3ccn(CCN(C(=O)O)C(C)(C)C)c23)ccc1Oc1cccc(OC(F)(F)C(F)F)c1. The highest BCUT2D eigenvalue weighted by atomic mass is 19.3. The van der Waals surface area contributed by atoms with Crippen LogP contribution in [0.5, 0.6) is 17.2 Å². The first kappa shape index (κ1) is 29.4. The molecule has 0 saturated carbocycles. The average molecular weight is 576 g/mol. The van der Waals surface area contributed by atoms with Gasteiger partial charge in [0, 0.05) is 36.6 Å². The Hall–Kier alpha value is -4.55. The van der Waals surface area contributed by atoms with Crippen molar-refractivity contribution in [2.45, 2.75) is 52.3 Å². The Labute approximate surface area is 233 Å². The molecule has 218 valence electrons. The van der Waals surface area contributed by atoms with Crippen molar-refractivity contribution in [3.8, 4) is 17.2 Å². The number of halogens is 4. The van der Waals surface area contributed by atoms with Crippen LogP contribution in [0.2, 0.25) is 0 Å². The van der Waals surface area contributed by atoms with Crippen molar-refractivity contribution < 1.29 is 36.9 Å². The lowest BCUT2D eigenvalue weighted by molar-refractivity contribution is -0.253. The van der Waals surface area contributed by atoms with E-state index in [1.165, 1.54) is 23.4 Å². The standard InChI is InChI=1S/C28H29F4N5O4/c1-17-14-18(8-9-22(17)40-19-6-5-7-20(15-19)41-28(31,32)25(29)30)35-24-23-21(33-16-34-24)10-11-36(23)12-13-37(26(38)39)27(2,3)4/h5-11,14-16,25H,12-13H2,1-4H3,(H,38,39)(H,33,34,35). The fourth-order valence-electron chi connectivity index (χ4n) is 4.14. The molecular weight excluding hydrogens is 546 g/mol. The summed E-state index contributed by atoms with van der Waals surface area (Å²) in [5, 5.41) is 12.9. The quantitative estimate of drug-likeness (QED) is 0.192. The van der Waals surface area contributed by atoms with Gasteiger partial charge in [0.2, 0.25) is 0 Å². The molecule has 0 unspecified atom stereocenters. The van der Waals surface area contributed by atoms with Gasteiger partial charge in [-0.3, -0.25) is 0 Å². The second-order valence-electron chi connectivity index (χ2n) is 10.2. The number of hydrogen-bond acceptors (Lipinski definition) is 6. The van der Waals surface area contributed by atoms with E-state index in [1.807, 2.05) is 37.6 Å². The second-order valence-corrected chi connectivity index (χ2v) is 10.2. The number of alkyl halides is 4. The average Bonchev–Trinajstić information content (AvgIpc) is 3.29. The van der Waals surface area contributed by atoms with Crippen LogP contribution in [0, 0.1) is 6.92 Å². The van der Waals surface area contributed by atoms with Crippen LogP contribution >= 0.6 is 0 Å². The van der Waals surface area contributed by atoms with Crippen molar-refractivity contribution in [1.29, 1.82) is 0 Å². The predicted octanol–water partition coefficient (Wildman–Crippen LogP) is 7.29. The maximum Gasteiger partial charge on any atom is 0.461 e. The van der Waals surface area contributed by atoms with Crippen molar-refractivity contribution >= 4 is 28.6 Å². The number of rotatable bonds is 10.